The van der Waals surface area contributed by atoms with Gasteiger partial charge >= 0.3 is 0 Å². The fourth-order valence-electron chi connectivity index (χ4n) is 2.31. The predicted octanol–water partition coefficient (Wildman–Crippen LogP) is 2.36. The van der Waals surface area contributed by atoms with Crippen molar-refractivity contribution >= 4 is 42.9 Å². The van der Waals surface area contributed by atoms with Gasteiger partial charge in [-0.15, -0.1) is 15.7 Å². The number of sulfonamides is 1. The summed E-state index contributed by atoms with van der Waals surface area (Å²) in [7, 11) is -1.90. The average molecular weight is 368 g/mol. The molecule has 0 bridgehead atoms. The maximum absolute atomic E-state index is 12.3. The molecular weight excluding hydrogens is 356 g/mol. The van der Waals surface area contributed by atoms with E-state index in [1.165, 1.54) is 11.3 Å². The summed E-state index contributed by atoms with van der Waals surface area (Å²) in [5.74, 6) is 1.35. The summed E-state index contributed by atoms with van der Waals surface area (Å²) >= 11 is 2.46. The first kappa shape index (κ1) is 14.7. The van der Waals surface area contributed by atoms with Crippen LogP contribution in [0.25, 0.3) is 10.2 Å². The number of aryl methyl sites for hydroxylation is 1. The summed E-state index contributed by atoms with van der Waals surface area (Å²) in [4.78, 5) is 0.413. The molecule has 4 rings (SSSR count). The second-order valence-electron chi connectivity index (χ2n) is 4.91. The van der Waals surface area contributed by atoms with Crippen LogP contribution < -0.4 is 14.3 Å². The number of rotatable bonds is 2. The molecule has 1 aliphatic rings. The van der Waals surface area contributed by atoms with Crippen molar-refractivity contribution in [3.8, 4) is 11.5 Å². The molecule has 0 N–H and O–H groups in total. The van der Waals surface area contributed by atoms with Crippen LogP contribution in [0.3, 0.4) is 0 Å². The van der Waals surface area contributed by atoms with Crippen molar-refractivity contribution < 1.29 is 17.9 Å². The molecule has 0 atom stereocenters. The zero-order valence-electron chi connectivity index (χ0n) is 12.1. The number of aromatic nitrogens is 1. The van der Waals surface area contributed by atoms with Gasteiger partial charge in [-0.25, -0.2) is 0 Å². The normalized spacial score (nSPS) is 15.3. The van der Waals surface area contributed by atoms with Crippen molar-refractivity contribution in [2.24, 2.45) is 11.4 Å². The first-order valence-electron chi connectivity index (χ1n) is 6.78. The number of fused-ring (bicyclic) bond motifs is 2. The van der Waals surface area contributed by atoms with E-state index in [2.05, 4.69) is 4.40 Å². The Morgan fingerprint density at radius 3 is 2.65 bits per heavy atom. The molecule has 0 unspecified atom stereocenters. The molecule has 3 aromatic rings. The second-order valence-corrected chi connectivity index (χ2v) is 8.69. The van der Waals surface area contributed by atoms with Crippen molar-refractivity contribution in [1.29, 1.82) is 0 Å². The van der Waals surface area contributed by atoms with Crippen LogP contribution >= 0.6 is 22.7 Å². The Labute approximate surface area is 140 Å². The van der Waals surface area contributed by atoms with E-state index in [1.54, 1.807) is 29.1 Å². The molecule has 0 saturated heterocycles. The average Bonchev–Trinajstić information content (AvgIpc) is 3.16. The molecule has 0 aliphatic carbocycles. The standard InChI is InChI=1S/C14H12N2O4S3/c1-16-9-7-10-11(20-5-4-19-10)8-12(9)22-14(16)15-23(17,18)13-3-2-6-21-13/h2-3,6-8H,4-5H2,1H3. The molecule has 2 aromatic heterocycles. The third-order valence-corrected chi connectivity index (χ3v) is 7.27. The lowest BCUT2D eigenvalue weighted by Gasteiger charge is -2.18. The van der Waals surface area contributed by atoms with E-state index in [4.69, 9.17) is 9.47 Å². The Morgan fingerprint density at radius 1 is 1.22 bits per heavy atom. The van der Waals surface area contributed by atoms with Crippen LogP contribution in [0.1, 0.15) is 0 Å². The summed E-state index contributed by atoms with van der Waals surface area (Å²) in [6.45, 7) is 1.02. The second kappa shape index (κ2) is 5.36. The van der Waals surface area contributed by atoms with Crippen molar-refractivity contribution in [3.63, 3.8) is 0 Å². The fraction of sp³-hybridized carbons (Fsp3) is 0.214. The minimum Gasteiger partial charge on any atom is -0.486 e. The van der Waals surface area contributed by atoms with E-state index >= 15 is 0 Å². The molecule has 23 heavy (non-hydrogen) atoms. The quantitative estimate of drug-likeness (QED) is 0.696. The van der Waals surface area contributed by atoms with E-state index in [1.807, 2.05) is 12.1 Å². The smallest absolute Gasteiger partial charge is 0.294 e. The van der Waals surface area contributed by atoms with Crippen molar-refractivity contribution in [3.05, 3.63) is 34.4 Å². The van der Waals surface area contributed by atoms with Gasteiger partial charge in [0.1, 0.15) is 17.4 Å². The highest BCUT2D eigenvalue weighted by Gasteiger charge is 2.17. The molecule has 1 aliphatic heterocycles. The topological polar surface area (TPSA) is 69.9 Å². The number of hydrogen-bond donors (Lipinski definition) is 0. The molecule has 3 heterocycles. The van der Waals surface area contributed by atoms with Crippen LogP contribution in [0, 0.1) is 0 Å². The zero-order chi connectivity index (χ0) is 16.0. The summed E-state index contributed by atoms with van der Waals surface area (Å²) in [6, 6.07) is 6.97. The molecule has 120 valence electrons. The third-order valence-electron chi connectivity index (χ3n) is 3.42. The van der Waals surface area contributed by atoms with Crippen LogP contribution in [0.2, 0.25) is 0 Å². The van der Waals surface area contributed by atoms with Gasteiger partial charge in [-0.05, 0) is 11.4 Å². The third kappa shape index (κ3) is 2.54. The van der Waals surface area contributed by atoms with Gasteiger partial charge in [0.25, 0.3) is 10.0 Å². The Balaban J connectivity index is 1.91. The number of ether oxygens (including phenoxy) is 2. The largest absolute Gasteiger partial charge is 0.486 e. The Morgan fingerprint density at radius 2 is 1.96 bits per heavy atom. The minimum atomic E-state index is -3.69. The molecule has 0 saturated carbocycles. The zero-order valence-corrected chi connectivity index (χ0v) is 14.5. The molecule has 1 aromatic carbocycles. The molecule has 0 spiro atoms. The van der Waals surface area contributed by atoms with E-state index in [9.17, 15) is 8.42 Å². The first-order chi connectivity index (χ1) is 11.0. The SMILES string of the molecule is Cn1c(=NS(=O)(=O)c2cccs2)sc2cc3c(cc21)OCCO3. The van der Waals surface area contributed by atoms with Gasteiger partial charge in [-0.2, -0.15) is 8.42 Å². The predicted molar refractivity (Wildman–Crippen MR) is 88.9 cm³/mol. The lowest BCUT2D eigenvalue weighted by Crippen LogP contribution is -2.15. The van der Waals surface area contributed by atoms with Crippen molar-refractivity contribution in [2.45, 2.75) is 4.21 Å². The van der Waals surface area contributed by atoms with Crippen molar-refractivity contribution in [1.82, 2.24) is 4.57 Å². The van der Waals surface area contributed by atoms with Gasteiger partial charge < -0.3 is 14.0 Å². The maximum Gasteiger partial charge on any atom is 0.294 e. The molecular formula is C14H12N2O4S3. The highest BCUT2D eigenvalue weighted by Crippen LogP contribution is 2.35. The van der Waals surface area contributed by atoms with Crippen LogP contribution in [-0.4, -0.2) is 26.2 Å². The lowest BCUT2D eigenvalue weighted by atomic mass is 10.3. The number of thiazole rings is 1. The Kier molecular flexibility index (Phi) is 3.43. The molecule has 6 nitrogen and oxygen atoms in total. The highest BCUT2D eigenvalue weighted by molar-refractivity contribution is 7.92. The number of nitrogens with zero attached hydrogens (tertiary/aromatic N) is 2. The van der Waals surface area contributed by atoms with Gasteiger partial charge in [0.05, 0.1) is 10.2 Å². The summed E-state index contributed by atoms with van der Waals surface area (Å²) in [6.07, 6.45) is 0. The number of hydrogen-bond acceptors (Lipinski definition) is 6. The molecule has 0 amide bonds. The molecule has 0 fully saturated rings. The van der Waals surface area contributed by atoms with E-state index in [-0.39, 0.29) is 4.21 Å². The van der Waals surface area contributed by atoms with E-state index in [0.717, 1.165) is 21.6 Å². The first-order valence-corrected chi connectivity index (χ1v) is 9.92. The summed E-state index contributed by atoms with van der Waals surface area (Å²) < 4.78 is 42.7. The van der Waals surface area contributed by atoms with Gasteiger partial charge in [0.2, 0.25) is 4.80 Å². The fourth-order valence-corrected chi connectivity index (χ4v) is 5.53. The minimum absolute atomic E-state index is 0.237. The summed E-state index contributed by atoms with van der Waals surface area (Å²) in [5, 5.41) is 1.72. The highest BCUT2D eigenvalue weighted by atomic mass is 32.2. The van der Waals surface area contributed by atoms with Gasteiger partial charge in [-0.3, -0.25) is 0 Å². The Hall–Kier alpha value is -1.84. The van der Waals surface area contributed by atoms with E-state index in [0.29, 0.717) is 29.5 Å². The van der Waals surface area contributed by atoms with Crippen molar-refractivity contribution in [2.75, 3.05) is 13.2 Å². The lowest BCUT2D eigenvalue weighted by molar-refractivity contribution is 0.172. The molecule has 0 radical (unpaired) electrons. The van der Waals surface area contributed by atoms with Crippen LogP contribution in [0.15, 0.2) is 38.3 Å². The Bertz CT molecular complexity index is 1050. The van der Waals surface area contributed by atoms with Crippen LogP contribution in [-0.2, 0) is 17.1 Å². The van der Waals surface area contributed by atoms with Crippen LogP contribution in [0.4, 0.5) is 0 Å². The number of benzene rings is 1. The maximum atomic E-state index is 12.3. The summed E-state index contributed by atoms with van der Waals surface area (Å²) in [5.41, 5.74) is 0.861. The van der Waals surface area contributed by atoms with Gasteiger partial charge in [-0.1, -0.05) is 17.4 Å². The molecule has 9 heteroatoms. The monoisotopic (exact) mass is 368 g/mol. The van der Waals surface area contributed by atoms with Gasteiger partial charge in [0, 0.05) is 19.2 Å². The number of thiophene rings is 1. The van der Waals surface area contributed by atoms with E-state index < -0.39 is 10.0 Å². The van der Waals surface area contributed by atoms with Crippen LogP contribution in [0.5, 0.6) is 11.5 Å². The van der Waals surface area contributed by atoms with Gasteiger partial charge in [0.15, 0.2) is 11.5 Å².